The largest absolute Gasteiger partial charge is 0.454 e. The molecule has 2 aromatic rings. The van der Waals surface area contributed by atoms with Crippen LogP contribution < -0.4 is 14.8 Å². The van der Waals surface area contributed by atoms with Crippen molar-refractivity contribution in [2.75, 3.05) is 32.4 Å². The van der Waals surface area contributed by atoms with Gasteiger partial charge in [-0.2, -0.15) is 5.10 Å². The van der Waals surface area contributed by atoms with E-state index in [4.69, 9.17) is 14.2 Å². The van der Waals surface area contributed by atoms with E-state index in [9.17, 15) is 4.79 Å². The summed E-state index contributed by atoms with van der Waals surface area (Å²) in [5, 5.41) is 7.48. The van der Waals surface area contributed by atoms with Crippen LogP contribution in [0, 0.1) is 5.92 Å². The number of hydrogen-bond acceptors (Lipinski definition) is 6. The summed E-state index contributed by atoms with van der Waals surface area (Å²) in [6, 6.07) is 6.67. The number of carbonyl (C=O) groups is 1. The van der Waals surface area contributed by atoms with Crippen LogP contribution in [-0.2, 0) is 16.1 Å². The predicted molar refractivity (Wildman–Crippen MR) is 106 cm³/mol. The number of anilines is 1. The summed E-state index contributed by atoms with van der Waals surface area (Å²) in [6.07, 6.45) is 6.63. The maximum Gasteiger partial charge on any atom is 0.231 e. The first-order chi connectivity index (χ1) is 14.2. The van der Waals surface area contributed by atoms with Crippen LogP contribution in [0.5, 0.6) is 11.5 Å². The Morgan fingerprint density at radius 3 is 3.00 bits per heavy atom. The van der Waals surface area contributed by atoms with Crippen LogP contribution in [0.1, 0.15) is 30.9 Å². The number of fused-ring (bicyclic) bond motifs is 1. The van der Waals surface area contributed by atoms with Crippen molar-refractivity contribution in [3.05, 3.63) is 36.2 Å². The number of methoxy groups -OCH3 is 1. The van der Waals surface area contributed by atoms with Gasteiger partial charge in [0.05, 0.1) is 24.5 Å². The number of ether oxygens (including phenoxy) is 3. The van der Waals surface area contributed by atoms with Crippen molar-refractivity contribution in [3.63, 3.8) is 0 Å². The van der Waals surface area contributed by atoms with Crippen molar-refractivity contribution in [2.24, 2.45) is 5.92 Å². The molecular weight excluding hydrogens is 372 g/mol. The molecule has 1 saturated carbocycles. The van der Waals surface area contributed by atoms with E-state index < -0.39 is 0 Å². The molecule has 2 atom stereocenters. The Hall–Kier alpha value is -2.58. The van der Waals surface area contributed by atoms with Gasteiger partial charge < -0.3 is 19.5 Å². The third-order valence-corrected chi connectivity index (χ3v) is 5.88. The number of nitrogens with zero attached hydrogens (tertiary/aromatic N) is 3. The molecule has 0 unspecified atom stereocenters. The molecule has 1 saturated heterocycles. The fourth-order valence-electron chi connectivity index (χ4n) is 4.17. The fourth-order valence-corrected chi connectivity index (χ4v) is 4.17. The van der Waals surface area contributed by atoms with Gasteiger partial charge in [0.15, 0.2) is 11.5 Å². The third kappa shape index (κ3) is 3.95. The van der Waals surface area contributed by atoms with Crippen molar-refractivity contribution < 1.29 is 19.0 Å². The summed E-state index contributed by atoms with van der Waals surface area (Å²) in [5.41, 5.74) is 1.97. The molecule has 1 aromatic heterocycles. The number of nitrogens with one attached hydrogen (secondary N) is 1. The Kier molecular flexibility index (Phi) is 4.89. The Balaban J connectivity index is 1.26. The van der Waals surface area contributed by atoms with Crippen LogP contribution >= 0.6 is 0 Å². The van der Waals surface area contributed by atoms with Crippen LogP contribution in [0.15, 0.2) is 30.6 Å². The lowest BCUT2D eigenvalue weighted by atomic mass is 10.1. The molecule has 154 valence electrons. The molecule has 8 nitrogen and oxygen atoms in total. The zero-order valence-electron chi connectivity index (χ0n) is 16.5. The number of aromatic nitrogens is 2. The number of likely N-dealkylation sites (tertiary alicyclic amines) is 1. The van der Waals surface area contributed by atoms with Crippen molar-refractivity contribution in [1.82, 2.24) is 14.7 Å². The van der Waals surface area contributed by atoms with Gasteiger partial charge in [0.1, 0.15) is 0 Å². The first-order valence-corrected chi connectivity index (χ1v) is 10.2. The van der Waals surface area contributed by atoms with Gasteiger partial charge in [0.25, 0.3) is 0 Å². The van der Waals surface area contributed by atoms with Gasteiger partial charge in [-0.05, 0) is 37.0 Å². The summed E-state index contributed by atoms with van der Waals surface area (Å²) < 4.78 is 18.4. The Labute approximate surface area is 169 Å². The van der Waals surface area contributed by atoms with E-state index in [1.54, 1.807) is 13.3 Å². The number of carbonyl (C=O) groups excluding carboxylic acids is 1. The van der Waals surface area contributed by atoms with Crippen LogP contribution in [0.3, 0.4) is 0 Å². The highest BCUT2D eigenvalue weighted by Gasteiger charge is 2.34. The normalized spacial score (nSPS) is 23.5. The molecule has 5 rings (SSSR count). The summed E-state index contributed by atoms with van der Waals surface area (Å²) in [7, 11) is 1.74. The van der Waals surface area contributed by atoms with Crippen LogP contribution in [0.2, 0.25) is 0 Å². The molecule has 1 amide bonds. The third-order valence-electron chi connectivity index (χ3n) is 5.88. The lowest BCUT2D eigenvalue weighted by Gasteiger charge is -2.23. The zero-order valence-corrected chi connectivity index (χ0v) is 16.5. The van der Waals surface area contributed by atoms with Crippen LogP contribution in [-0.4, -0.2) is 53.7 Å². The Morgan fingerprint density at radius 1 is 1.31 bits per heavy atom. The second-order valence-electron chi connectivity index (χ2n) is 8.09. The smallest absolute Gasteiger partial charge is 0.231 e. The second kappa shape index (κ2) is 7.68. The van der Waals surface area contributed by atoms with E-state index in [1.165, 1.54) is 5.56 Å². The molecule has 1 N–H and O–H groups in total. The highest BCUT2D eigenvalue weighted by molar-refractivity contribution is 5.93. The second-order valence-corrected chi connectivity index (χ2v) is 8.09. The van der Waals surface area contributed by atoms with Crippen LogP contribution in [0.4, 0.5) is 5.69 Å². The monoisotopic (exact) mass is 398 g/mol. The number of rotatable bonds is 7. The maximum atomic E-state index is 12.0. The quantitative estimate of drug-likeness (QED) is 0.772. The molecule has 1 aliphatic carbocycles. The Bertz CT molecular complexity index is 895. The van der Waals surface area contributed by atoms with Crippen LogP contribution in [0.25, 0.3) is 0 Å². The van der Waals surface area contributed by atoms with E-state index in [-0.39, 0.29) is 24.7 Å². The zero-order chi connectivity index (χ0) is 19.8. The van der Waals surface area contributed by atoms with Gasteiger partial charge >= 0.3 is 0 Å². The minimum atomic E-state index is 0.109. The topological polar surface area (TPSA) is 77.9 Å². The Morgan fingerprint density at radius 2 is 2.17 bits per heavy atom. The van der Waals surface area contributed by atoms with Crippen molar-refractivity contribution in [2.45, 2.75) is 37.9 Å². The number of benzene rings is 1. The summed E-state index contributed by atoms with van der Waals surface area (Å²) in [5.74, 6) is 1.91. The average molecular weight is 398 g/mol. The average Bonchev–Trinajstić information content (AvgIpc) is 3.10. The minimum Gasteiger partial charge on any atom is -0.454 e. The van der Waals surface area contributed by atoms with E-state index in [0.29, 0.717) is 12.6 Å². The van der Waals surface area contributed by atoms with Gasteiger partial charge in [0.2, 0.25) is 12.7 Å². The SMILES string of the molecule is COC[C@@H]1C[C@H](n2cc(NC(=O)C3CC3)cn2)CN1Cc1ccc2c(c1)OCO2. The van der Waals surface area contributed by atoms with Gasteiger partial charge in [-0.3, -0.25) is 14.4 Å². The fraction of sp³-hybridized carbons (Fsp3) is 0.524. The molecule has 2 aliphatic heterocycles. The van der Waals surface area contributed by atoms with E-state index in [1.807, 2.05) is 16.9 Å². The molecule has 0 spiro atoms. The molecule has 8 heteroatoms. The lowest BCUT2D eigenvalue weighted by Crippen LogP contribution is -2.32. The van der Waals surface area contributed by atoms with Crippen molar-refractivity contribution in [1.29, 1.82) is 0 Å². The van der Waals surface area contributed by atoms with E-state index in [0.717, 1.165) is 49.5 Å². The molecule has 29 heavy (non-hydrogen) atoms. The summed E-state index contributed by atoms with van der Waals surface area (Å²) in [6.45, 7) is 2.65. The molecule has 3 aliphatic rings. The first kappa shape index (κ1) is 18.4. The van der Waals surface area contributed by atoms with Gasteiger partial charge in [-0.1, -0.05) is 6.07 Å². The predicted octanol–water partition coefficient (Wildman–Crippen LogP) is 2.42. The molecular formula is C21H26N4O4. The van der Waals surface area contributed by atoms with Gasteiger partial charge in [-0.25, -0.2) is 0 Å². The summed E-state index contributed by atoms with van der Waals surface area (Å²) >= 11 is 0. The molecule has 0 radical (unpaired) electrons. The molecule has 0 bridgehead atoms. The highest BCUT2D eigenvalue weighted by atomic mass is 16.7. The van der Waals surface area contributed by atoms with Gasteiger partial charge in [0, 0.05) is 38.4 Å². The van der Waals surface area contributed by atoms with Crippen molar-refractivity contribution in [3.8, 4) is 11.5 Å². The van der Waals surface area contributed by atoms with Gasteiger partial charge in [-0.15, -0.1) is 0 Å². The standard InChI is InChI=1S/C21H26N4O4/c1-27-12-18-7-17(25-10-16(8-22-25)23-21(26)15-3-4-15)11-24(18)9-14-2-5-19-20(6-14)29-13-28-19/h2,5-6,8,10,15,17-18H,3-4,7,9,11-13H2,1H3,(H,23,26)/t17-,18-/m0/s1. The highest BCUT2D eigenvalue weighted by Crippen LogP contribution is 2.35. The first-order valence-electron chi connectivity index (χ1n) is 10.2. The minimum absolute atomic E-state index is 0.109. The van der Waals surface area contributed by atoms with E-state index >= 15 is 0 Å². The molecule has 2 fully saturated rings. The number of amides is 1. The number of hydrogen-bond donors (Lipinski definition) is 1. The maximum absolute atomic E-state index is 12.0. The molecule has 3 heterocycles. The molecule has 1 aromatic carbocycles. The van der Waals surface area contributed by atoms with Crippen molar-refractivity contribution >= 4 is 11.6 Å². The summed E-state index contributed by atoms with van der Waals surface area (Å²) in [4.78, 5) is 14.4. The van der Waals surface area contributed by atoms with E-state index in [2.05, 4.69) is 27.4 Å². The lowest BCUT2D eigenvalue weighted by molar-refractivity contribution is -0.117.